The molecule has 2 amide bonds. The number of hydrogen-bond donors (Lipinski definition) is 0. The minimum Gasteiger partial charge on any atom is -0.495 e. The highest BCUT2D eigenvalue weighted by molar-refractivity contribution is 6.32. The van der Waals surface area contributed by atoms with E-state index in [4.69, 9.17) is 16.3 Å². The van der Waals surface area contributed by atoms with Gasteiger partial charge in [0.05, 0.1) is 17.7 Å². The van der Waals surface area contributed by atoms with E-state index in [0.717, 1.165) is 6.42 Å². The monoisotopic (exact) mass is 373 g/mol. The molecule has 6 nitrogen and oxygen atoms in total. The van der Waals surface area contributed by atoms with Crippen molar-refractivity contribution in [1.29, 1.82) is 0 Å². The number of halogens is 1. The molecule has 26 heavy (non-hydrogen) atoms. The maximum absolute atomic E-state index is 12.8. The quantitative estimate of drug-likeness (QED) is 0.829. The summed E-state index contributed by atoms with van der Waals surface area (Å²) in [6.45, 7) is 2.18. The van der Waals surface area contributed by atoms with Gasteiger partial charge in [-0.05, 0) is 36.8 Å². The first-order valence-corrected chi connectivity index (χ1v) is 8.80. The normalized spacial score (nSPS) is 14.7. The van der Waals surface area contributed by atoms with E-state index in [1.165, 1.54) is 7.11 Å². The van der Waals surface area contributed by atoms with Crippen molar-refractivity contribution < 1.29 is 14.3 Å². The molecule has 2 heterocycles. The molecule has 1 aliphatic heterocycles. The van der Waals surface area contributed by atoms with Gasteiger partial charge in [0.1, 0.15) is 5.75 Å². The van der Waals surface area contributed by atoms with Gasteiger partial charge in [-0.15, -0.1) is 0 Å². The molecule has 3 rings (SSSR count). The van der Waals surface area contributed by atoms with Crippen LogP contribution in [-0.4, -0.2) is 59.9 Å². The van der Waals surface area contributed by atoms with Crippen LogP contribution in [0.15, 0.2) is 42.7 Å². The van der Waals surface area contributed by atoms with Crippen molar-refractivity contribution in [1.82, 2.24) is 14.8 Å². The summed E-state index contributed by atoms with van der Waals surface area (Å²) in [6, 6.07) is 8.51. The zero-order valence-corrected chi connectivity index (χ0v) is 15.3. The molecular formula is C19H20ClN3O3. The van der Waals surface area contributed by atoms with Crippen molar-refractivity contribution in [3.05, 3.63) is 58.9 Å². The van der Waals surface area contributed by atoms with E-state index in [2.05, 4.69) is 4.98 Å². The van der Waals surface area contributed by atoms with Crippen LogP contribution in [0.3, 0.4) is 0 Å². The van der Waals surface area contributed by atoms with Gasteiger partial charge in [-0.3, -0.25) is 14.6 Å². The number of ether oxygens (including phenoxy) is 1. The van der Waals surface area contributed by atoms with Crippen LogP contribution >= 0.6 is 11.6 Å². The SMILES string of the molecule is COc1ccc(C(=O)N2CCCN(C(=O)c3cccnc3)CC2)cc1Cl. The molecule has 1 aromatic carbocycles. The van der Waals surface area contributed by atoms with Crippen molar-refractivity contribution in [3.8, 4) is 5.75 Å². The van der Waals surface area contributed by atoms with Crippen LogP contribution in [0, 0.1) is 0 Å². The first-order valence-electron chi connectivity index (χ1n) is 8.42. The fraction of sp³-hybridized carbons (Fsp3) is 0.316. The molecule has 1 saturated heterocycles. The maximum atomic E-state index is 12.8. The molecule has 0 saturated carbocycles. The summed E-state index contributed by atoms with van der Waals surface area (Å²) in [5, 5.41) is 0.404. The number of hydrogen-bond acceptors (Lipinski definition) is 4. The molecular weight excluding hydrogens is 354 g/mol. The standard InChI is InChI=1S/C19H20ClN3O3/c1-26-17-6-5-14(12-16(17)20)18(24)22-8-3-9-23(11-10-22)19(25)15-4-2-7-21-13-15/h2,4-7,12-13H,3,8-11H2,1H3. The van der Waals surface area contributed by atoms with Crippen LogP contribution in [0.4, 0.5) is 0 Å². The number of carbonyl (C=O) groups excluding carboxylic acids is 2. The Balaban J connectivity index is 1.67. The molecule has 0 N–H and O–H groups in total. The Morgan fingerprint density at radius 1 is 1.04 bits per heavy atom. The molecule has 1 aliphatic rings. The lowest BCUT2D eigenvalue weighted by atomic mass is 10.2. The highest BCUT2D eigenvalue weighted by atomic mass is 35.5. The summed E-state index contributed by atoms with van der Waals surface area (Å²) in [7, 11) is 1.53. The zero-order chi connectivity index (χ0) is 18.5. The molecule has 0 atom stereocenters. The number of nitrogens with zero attached hydrogens (tertiary/aromatic N) is 3. The molecule has 136 valence electrons. The van der Waals surface area contributed by atoms with E-state index in [-0.39, 0.29) is 11.8 Å². The molecule has 7 heteroatoms. The van der Waals surface area contributed by atoms with E-state index in [1.807, 2.05) is 0 Å². The lowest BCUT2D eigenvalue weighted by Crippen LogP contribution is -2.37. The molecule has 0 bridgehead atoms. The predicted molar refractivity (Wildman–Crippen MR) is 98.7 cm³/mol. The third-order valence-electron chi connectivity index (χ3n) is 4.38. The van der Waals surface area contributed by atoms with E-state index in [1.54, 1.807) is 52.5 Å². The molecule has 0 aliphatic carbocycles. The van der Waals surface area contributed by atoms with Crippen molar-refractivity contribution in [2.75, 3.05) is 33.3 Å². The Bertz CT molecular complexity index is 798. The maximum Gasteiger partial charge on any atom is 0.255 e. The highest BCUT2D eigenvalue weighted by Crippen LogP contribution is 2.25. The minimum atomic E-state index is -0.0924. The number of aromatic nitrogens is 1. The fourth-order valence-electron chi connectivity index (χ4n) is 2.98. The van der Waals surface area contributed by atoms with Crippen LogP contribution in [0.1, 0.15) is 27.1 Å². The smallest absolute Gasteiger partial charge is 0.255 e. The summed E-state index contributed by atoms with van der Waals surface area (Å²) in [5.41, 5.74) is 1.08. The van der Waals surface area contributed by atoms with Crippen LogP contribution in [0.2, 0.25) is 5.02 Å². The molecule has 2 aromatic rings. The summed E-state index contributed by atoms with van der Waals surface area (Å²) in [6.07, 6.45) is 3.93. The lowest BCUT2D eigenvalue weighted by molar-refractivity contribution is 0.0718. The summed E-state index contributed by atoms with van der Waals surface area (Å²) in [4.78, 5) is 32.9. The second kappa shape index (κ2) is 8.19. The van der Waals surface area contributed by atoms with Gasteiger partial charge in [0.25, 0.3) is 11.8 Å². The fourth-order valence-corrected chi connectivity index (χ4v) is 3.24. The van der Waals surface area contributed by atoms with Crippen LogP contribution in [0.25, 0.3) is 0 Å². The van der Waals surface area contributed by atoms with Gasteiger partial charge < -0.3 is 14.5 Å². The van der Waals surface area contributed by atoms with Gasteiger partial charge in [0.15, 0.2) is 0 Å². The van der Waals surface area contributed by atoms with Gasteiger partial charge in [-0.1, -0.05) is 11.6 Å². The molecule has 0 unspecified atom stereocenters. The van der Waals surface area contributed by atoms with Crippen molar-refractivity contribution in [2.24, 2.45) is 0 Å². The first-order chi connectivity index (χ1) is 12.6. The molecule has 0 spiro atoms. The number of methoxy groups -OCH3 is 1. The van der Waals surface area contributed by atoms with E-state index in [9.17, 15) is 9.59 Å². The van der Waals surface area contributed by atoms with Crippen molar-refractivity contribution in [3.63, 3.8) is 0 Å². The largest absolute Gasteiger partial charge is 0.495 e. The van der Waals surface area contributed by atoms with Gasteiger partial charge in [-0.25, -0.2) is 0 Å². The lowest BCUT2D eigenvalue weighted by Gasteiger charge is -2.22. The highest BCUT2D eigenvalue weighted by Gasteiger charge is 2.24. The summed E-state index contributed by atoms with van der Waals surface area (Å²) in [5.74, 6) is 0.387. The summed E-state index contributed by atoms with van der Waals surface area (Å²) < 4.78 is 5.12. The Morgan fingerprint density at radius 3 is 2.31 bits per heavy atom. The van der Waals surface area contributed by atoms with Crippen LogP contribution in [-0.2, 0) is 0 Å². The molecule has 1 aromatic heterocycles. The van der Waals surface area contributed by atoms with Crippen molar-refractivity contribution in [2.45, 2.75) is 6.42 Å². The Morgan fingerprint density at radius 2 is 1.73 bits per heavy atom. The molecule has 0 radical (unpaired) electrons. The Labute approximate surface area is 157 Å². The zero-order valence-electron chi connectivity index (χ0n) is 14.5. The van der Waals surface area contributed by atoms with Gasteiger partial charge in [-0.2, -0.15) is 0 Å². The third kappa shape index (κ3) is 3.96. The predicted octanol–water partition coefficient (Wildman–Crippen LogP) is 2.73. The second-order valence-electron chi connectivity index (χ2n) is 6.03. The van der Waals surface area contributed by atoms with Crippen molar-refractivity contribution >= 4 is 23.4 Å². The van der Waals surface area contributed by atoms with Gasteiger partial charge in [0, 0.05) is 44.1 Å². The number of amides is 2. The van der Waals surface area contributed by atoms with E-state index < -0.39 is 0 Å². The average Bonchev–Trinajstić information content (AvgIpc) is 2.93. The molecule has 1 fully saturated rings. The van der Waals surface area contributed by atoms with Crippen LogP contribution in [0.5, 0.6) is 5.75 Å². The van der Waals surface area contributed by atoms with Crippen LogP contribution < -0.4 is 4.74 Å². The Kier molecular flexibility index (Phi) is 5.73. The number of pyridine rings is 1. The third-order valence-corrected chi connectivity index (χ3v) is 4.67. The average molecular weight is 374 g/mol. The topological polar surface area (TPSA) is 62.7 Å². The van der Waals surface area contributed by atoms with Gasteiger partial charge >= 0.3 is 0 Å². The minimum absolute atomic E-state index is 0.0557. The number of carbonyl (C=O) groups is 2. The van der Waals surface area contributed by atoms with E-state index in [0.29, 0.717) is 48.1 Å². The Hall–Kier alpha value is -2.60. The van der Waals surface area contributed by atoms with Gasteiger partial charge in [0.2, 0.25) is 0 Å². The number of rotatable bonds is 3. The summed E-state index contributed by atoms with van der Waals surface area (Å²) >= 11 is 6.12. The number of benzene rings is 1. The van der Waals surface area contributed by atoms with E-state index >= 15 is 0 Å². The second-order valence-corrected chi connectivity index (χ2v) is 6.44. The first kappa shape index (κ1) is 18.2.